The van der Waals surface area contributed by atoms with Crippen LogP contribution in [0.15, 0.2) is 65.6 Å². The lowest BCUT2D eigenvalue weighted by molar-refractivity contribution is -0.129. The quantitative estimate of drug-likeness (QED) is 0.340. The first-order valence-electron chi connectivity index (χ1n) is 13.6. The smallest absolute Gasteiger partial charge is 0.271 e. The molecule has 1 aromatic heterocycles. The minimum atomic E-state index is -0.332. The summed E-state index contributed by atoms with van der Waals surface area (Å²) in [6.45, 7) is 7.93. The van der Waals surface area contributed by atoms with E-state index >= 15 is 0 Å². The fourth-order valence-electron chi connectivity index (χ4n) is 4.79. The van der Waals surface area contributed by atoms with Crippen LogP contribution in [0.25, 0.3) is 11.1 Å². The van der Waals surface area contributed by atoms with Crippen molar-refractivity contribution < 1.29 is 9.59 Å². The third-order valence-corrected chi connectivity index (χ3v) is 6.99. The normalized spacial score (nSPS) is 13.4. The third kappa shape index (κ3) is 7.29. The highest BCUT2D eigenvalue weighted by Crippen LogP contribution is 2.26. The van der Waals surface area contributed by atoms with Crippen molar-refractivity contribution in [2.45, 2.75) is 32.7 Å². The number of carbonyl (C=O) groups is 2. The van der Waals surface area contributed by atoms with Crippen LogP contribution in [0.2, 0.25) is 0 Å². The second-order valence-corrected chi connectivity index (χ2v) is 11.0. The Kier molecular flexibility index (Phi) is 9.05. The van der Waals surface area contributed by atoms with Gasteiger partial charge in [-0.1, -0.05) is 26.0 Å². The van der Waals surface area contributed by atoms with E-state index in [0.717, 1.165) is 5.56 Å². The molecule has 0 atom stereocenters. The second kappa shape index (κ2) is 12.7. The van der Waals surface area contributed by atoms with E-state index in [-0.39, 0.29) is 23.4 Å². The number of rotatable bonds is 9. The Morgan fingerprint density at radius 2 is 1.90 bits per heavy atom. The maximum absolute atomic E-state index is 13.2. The highest BCUT2D eigenvalue weighted by Gasteiger charge is 2.29. The summed E-state index contributed by atoms with van der Waals surface area (Å²) in [6.07, 6.45) is 4.96. The van der Waals surface area contributed by atoms with Gasteiger partial charge < -0.3 is 25.4 Å². The minimum absolute atomic E-state index is 0.0577. The van der Waals surface area contributed by atoms with Gasteiger partial charge in [0.05, 0.1) is 17.7 Å². The maximum Gasteiger partial charge on any atom is 0.271 e. The molecule has 2 heterocycles. The number of benzene rings is 2. The molecule has 1 aliphatic heterocycles. The predicted molar refractivity (Wildman–Crippen MR) is 162 cm³/mol. The lowest BCUT2D eigenvalue weighted by Crippen LogP contribution is -2.57. The number of aryl methyl sites for hydroxylation is 1. The van der Waals surface area contributed by atoms with Crippen molar-refractivity contribution in [1.29, 1.82) is 5.26 Å². The topological polar surface area (TPSA) is 121 Å². The van der Waals surface area contributed by atoms with Gasteiger partial charge in [-0.15, -0.1) is 0 Å². The summed E-state index contributed by atoms with van der Waals surface area (Å²) in [5, 5.41) is 15.8. The van der Waals surface area contributed by atoms with Crippen molar-refractivity contribution in [3.05, 3.63) is 93.4 Å². The molecule has 9 nitrogen and oxygen atoms in total. The van der Waals surface area contributed by atoms with E-state index in [2.05, 4.69) is 35.5 Å². The van der Waals surface area contributed by atoms with Gasteiger partial charge in [0.15, 0.2) is 0 Å². The van der Waals surface area contributed by atoms with Crippen molar-refractivity contribution >= 4 is 23.2 Å². The van der Waals surface area contributed by atoms with Gasteiger partial charge in [0.2, 0.25) is 5.91 Å². The molecule has 0 aliphatic carbocycles. The number of nitriles is 1. The standard InChI is InChI=1S/C32H36N6O3/c1-20(2)28-9-8-26(11-21(28)3)36-31(40)24-13-22(16-33)12-23(14-24)25-15-29(32(41)34-17-25)35-27-18-38(19-27)30(39)7-6-10-37(4)5/h6-9,11-15,17,20,27,35H,10,18-19H2,1-5H3,(H,34,41)(H,36,40)/b7-6+. The van der Waals surface area contributed by atoms with Crippen LogP contribution in [0.1, 0.15) is 46.8 Å². The molecule has 0 unspecified atom stereocenters. The first kappa shape index (κ1) is 29.3. The van der Waals surface area contributed by atoms with E-state index in [4.69, 9.17) is 0 Å². The zero-order valence-electron chi connectivity index (χ0n) is 24.1. The van der Waals surface area contributed by atoms with E-state index in [0.29, 0.717) is 59.2 Å². The van der Waals surface area contributed by atoms with Crippen molar-refractivity contribution in [3.8, 4) is 17.2 Å². The molecule has 0 spiro atoms. The molecule has 1 saturated heterocycles. The average molecular weight is 553 g/mol. The van der Waals surface area contributed by atoms with E-state index in [1.165, 1.54) is 5.56 Å². The molecule has 0 saturated carbocycles. The monoisotopic (exact) mass is 552 g/mol. The third-order valence-electron chi connectivity index (χ3n) is 6.99. The molecule has 0 radical (unpaired) electrons. The number of carbonyl (C=O) groups excluding carboxylic acids is 2. The highest BCUT2D eigenvalue weighted by atomic mass is 16.2. The van der Waals surface area contributed by atoms with Crippen molar-refractivity contribution in [2.75, 3.05) is 44.4 Å². The Morgan fingerprint density at radius 1 is 1.15 bits per heavy atom. The van der Waals surface area contributed by atoms with Gasteiger partial charge >= 0.3 is 0 Å². The Hall–Kier alpha value is -4.68. The Labute approximate surface area is 240 Å². The van der Waals surface area contributed by atoms with Gasteiger partial charge in [0.25, 0.3) is 11.5 Å². The van der Waals surface area contributed by atoms with Crippen LogP contribution >= 0.6 is 0 Å². The van der Waals surface area contributed by atoms with Gasteiger partial charge in [0.1, 0.15) is 5.69 Å². The zero-order chi connectivity index (χ0) is 29.7. The summed E-state index contributed by atoms with van der Waals surface area (Å²) in [6, 6.07) is 14.5. The number of H-pyrrole nitrogens is 1. The summed E-state index contributed by atoms with van der Waals surface area (Å²) in [5.74, 6) is -0.00773. The number of anilines is 2. The maximum atomic E-state index is 13.2. The fourth-order valence-corrected chi connectivity index (χ4v) is 4.79. The number of amides is 2. The average Bonchev–Trinajstić information content (AvgIpc) is 2.90. The number of hydrogen-bond acceptors (Lipinski definition) is 6. The number of hydrogen-bond donors (Lipinski definition) is 3. The van der Waals surface area contributed by atoms with E-state index in [1.54, 1.807) is 41.4 Å². The van der Waals surface area contributed by atoms with Crippen LogP contribution in [0.5, 0.6) is 0 Å². The Bertz CT molecular complexity index is 1570. The summed E-state index contributed by atoms with van der Waals surface area (Å²) in [5.41, 5.74) is 4.99. The summed E-state index contributed by atoms with van der Waals surface area (Å²) < 4.78 is 0. The van der Waals surface area contributed by atoms with Crippen LogP contribution in [-0.2, 0) is 4.79 Å². The largest absolute Gasteiger partial charge is 0.374 e. The number of pyridine rings is 1. The van der Waals surface area contributed by atoms with Gasteiger partial charge in [0, 0.05) is 48.7 Å². The summed E-state index contributed by atoms with van der Waals surface area (Å²) in [4.78, 5) is 44.4. The molecular weight excluding hydrogens is 516 g/mol. The molecule has 1 fully saturated rings. The van der Waals surface area contributed by atoms with E-state index in [9.17, 15) is 19.6 Å². The van der Waals surface area contributed by atoms with Crippen LogP contribution in [-0.4, -0.2) is 66.4 Å². The van der Waals surface area contributed by atoms with Gasteiger partial charge in [-0.25, -0.2) is 0 Å². The molecular formula is C32H36N6O3. The first-order chi connectivity index (χ1) is 19.5. The SMILES string of the molecule is Cc1cc(NC(=O)c2cc(C#N)cc(-c3c[nH]c(=O)c(NC4CN(C(=O)/C=C/CN(C)C)C4)c3)c2)ccc1C(C)C. The predicted octanol–water partition coefficient (Wildman–Crippen LogP) is 4.34. The molecule has 2 amide bonds. The number of aromatic nitrogens is 1. The highest BCUT2D eigenvalue weighted by molar-refractivity contribution is 6.05. The number of nitrogens with one attached hydrogen (secondary N) is 3. The second-order valence-electron chi connectivity index (χ2n) is 11.0. The number of aromatic amines is 1. The van der Waals surface area contributed by atoms with Gasteiger partial charge in [-0.3, -0.25) is 14.4 Å². The van der Waals surface area contributed by atoms with Gasteiger partial charge in [-0.05, 0) is 80.0 Å². The van der Waals surface area contributed by atoms with Crippen LogP contribution in [0, 0.1) is 18.3 Å². The Balaban J connectivity index is 1.49. The molecule has 4 rings (SSSR count). The van der Waals surface area contributed by atoms with E-state index in [1.807, 2.05) is 50.2 Å². The minimum Gasteiger partial charge on any atom is -0.374 e. The lowest BCUT2D eigenvalue weighted by Gasteiger charge is -2.39. The van der Waals surface area contributed by atoms with Crippen LogP contribution in [0.4, 0.5) is 11.4 Å². The first-order valence-corrected chi connectivity index (χ1v) is 13.6. The van der Waals surface area contributed by atoms with Crippen molar-refractivity contribution in [1.82, 2.24) is 14.8 Å². The zero-order valence-corrected chi connectivity index (χ0v) is 24.1. The number of nitrogens with zero attached hydrogens (tertiary/aromatic N) is 3. The van der Waals surface area contributed by atoms with Gasteiger partial charge in [-0.2, -0.15) is 5.26 Å². The summed E-state index contributed by atoms with van der Waals surface area (Å²) >= 11 is 0. The molecule has 9 heteroatoms. The number of likely N-dealkylation sites (tertiary alicyclic amines) is 1. The molecule has 3 N–H and O–H groups in total. The molecule has 3 aromatic rings. The van der Waals surface area contributed by atoms with Crippen molar-refractivity contribution in [2.24, 2.45) is 0 Å². The van der Waals surface area contributed by atoms with Crippen LogP contribution < -0.4 is 16.2 Å². The Morgan fingerprint density at radius 3 is 2.56 bits per heavy atom. The van der Waals surface area contributed by atoms with E-state index < -0.39 is 0 Å². The molecule has 212 valence electrons. The van der Waals surface area contributed by atoms with Crippen LogP contribution in [0.3, 0.4) is 0 Å². The number of likely N-dealkylation sites (N-methyl/N-ethyl adjacent to an activating group) is 1. The fraction of sp³-hybridized carbons (Fsp3) is 0.312. The lowest BCUT2D eigenvalue weighted by atomic mass is 9.97. The molecule has 1 aliphatic rings. The molecule has 41 heavy (non-hydrogen) atoms. The van der Waals surface area contributed by atoms with Crippen molar-refractivity contribution in [3.63, 3.8) is 0 Å². The molecule has 0 bridgehead atoms. The summed E-state index contributed by atoms with van der Waals surface area (Å²) in [7, 11) is 3.87. The molecule has 2 aromatic carbocycles.